The standard InChI is InChI=1S/C19H22N2O4S/c1-3-18(20-21-19(22)16-8-9-26(23,24)12-16)15-5-4-14-11-17(25-2)7-6-13(14)10-15/h4-7,10-11,16H,3,8-9,12H2,1-2H3,(H,21,22)/b20-18-/t16-/m0/s1. The summed E-state index contributed by atoms with van der Waals surface area (Å²) >= 11 is 0. The van der Waals surface area contributed by atoms with Crippen LogP contribution in [0, 0.1) is 5.92 Å². The molecule has 0 aliphatic carbocycles. The maximum absolute atomic E-state index is 12.2. The predicted octanol–water partition coefficient (Wildman–Crippen LogP) is 2.51. The van der Waals surface area contributed by atoms with Crippen LogP contribution in [0.15, 0.2) is 41.5 Å². The van der Waals surface area contributed by atoms with Gasteiger partial charge in [-0.3, -0.25) is 4.79 Å². The summed E-state index contributed by atoms with van der Waals surface area (Å²) in [4.78, 5) is 12.2. The number of carbonyl (C=O) groups is 1. The minimum Gasteiger partial charge on any atom is -0.497 e. The Morgan fingerprint density at radius 2 is 1.96 bits per heavy atom. The van der Waals surface area contributed by atoms with Gasteiger partial charge in [-0.25, -0.2) is 13.8 Å². The number of benzene rings is 2. The van der Waals surface area contributed by atoms with Gasteiger partial charge in [0, 0.05) is 0 Å². The first-order chi connectivity index (χ1) is 12.4. The molecule has 1 atom stereocenters. The molecule has 1 saturated heterocycles. The Kier molecular flexibility index (Phi) is 5.27. The van der Waals surface area contributed by atoms with Crippen molar-refractivity contribution in [1.29, 1.82) is 0 Å². The predicted molar refractivity (Wildman–Crippen MR) is 102 cm³/mol. The molecule has 1 fully saturated rings. The van der Waals surface area contributed by atoms with Gasteiger partial charge in [0.2, 0.25) is 5.91 Å². The first kappa shape index (κ1) is 18.4. The lowest BCUT2D eigenvalue weighted by molar-refractivity contribution is -0.124. The molecule has 138 valence electrons. The number of fused-ring (bicyclic) bond motifs is 1. The number of rotatable bonds is 5. The molecular weight excluding hydrogens is 352 g/mol. The number of hydrogen-bond donors (Lipinski definition) is 1. The number of nitrogens with one attached hydrogen (secondary N) is 1. The van der Waals surface area contributed by atoms with E-state index in [1.165, 1.54) is 0 Å². The molecule has 26 heavy (non-hydrogen) atoms. The molecule has 0 unspecified atom stereocenters. The Balaban J connectivity index is 1.78. The molecule has 1 heterocycles. The molecule has 0 bridgehead atoms. The fraction of sp³-hybridized carbons (Fsp3) is 0.368. The fourth-order valence-electron chi connectivity index (χ4n) is 3.09. The third kappa shape index (κ3) is 4.04. The van der Waals surface area contributed by atoms with Crippen molar-refractivity contribution in [2.24, 2.45) is 11.0 Å². The average molecular weight is 374 g/mol. The van der Waals surface area contributed by atoms with Crippen LogP contribution in [0.5, 0.6) is 5.75 Å². The average Bonchev–Trinajstić information content (AvgIpc) is 3.01. The molecule has 7 heteroatoms. The molecule has 2 aromatic rings. The lowest BCUT2D eigenvalue weighted by atomic mass is 10.0. The van der Waals surface area contributed by atoms with Gasteiger partial charge >= 0.3 is 0 Å². The van der Waals surface area contributed by atoms with Crippen LogP contribution in [-0.4, -0.2) is 38.7 Å². The highest BCUT2D eigenvalue weighted by molar-refractivity contribution is 7.91. The molecular formula is C19H22N2O4S. The van der Waals surface area contributed by atoms with E-state index < -0.39 is 15.8 Å². The smallest absolute Gasteiger partial charge is 0.244 e. The summed E-state index contributed by atoms with van der Waals surface area (Å²) < 4.78 is 28.2. The second kappa shape index (κ2) is 7.45. The Labute approximate surface area is 153 Å². The van der Waals surface area contributed by atoms with Crippen LogP contribution in [0.25, 0.3) is 10.8 Å². The van der Waals surface area contributed by atoms with Gasteiger partial charge in [-0.05, 0) is 47.4 Å². The van der Waals surface area contributed by atoms with Crippen molar-refractivity contribution in [3.05, 3.63) is 42.0 Å². The quantitative estimate of drug-likeness (QED) is 0.644. The minimum absolute atomic E-state index is 0.0730. The second-order valence-electron chi connectivity index (χ2n) is 6.42. The van der Waals surface area contributed by atoms with Gasteiger partial charge < -0.3 is 4.74 Å². The van der Waals surface area contributed by atoms with E-state index in [1.807, 2.05) is 43.3 Å². The molecule has 2 aromatic carbocycles. The van der Waals surface area contributed by atoms with E-state index in [4.69, 9.17) is 4.74 Å². The highest BCUT2D eigenvalue weighted by Gasteiger charge is 2.32. The van der Waals surface area contributed by atoms with Gasteiger partial charge in [0.1, 0.15) is 5.75 Å². The fourth-order valence-corrected chi connectivity index (χ4v) is 4.84. The normalized spacial score (nSPS) is 19.5. The number of nitrogens with zero attached hydrogens (tertiary/aromatic N) is 1. The zero-order chi connectivity index (χ0) is 18.7. The van der Waals surface area contributed by atoms with Crippen LogP contribution in [0.3, 0.4) is 0 Å². The van der Waals surface area contributed by atoms with Crippen LogP contribution < -0.4 is 10.2 Å². The Morgan fingerprint density at radius 1 is 1.23 bits per heavy atom. The Bertz CT molecular complexity index is 967. The number of amides is 1. The summed E-state index contributed by atoms with van der Waals surface area (Å²) in [6.45, 7) is 1.96. The van der Waals surface area contributed by atoms with Crippen molar-refractivity contribution < 1.29 is 17.9 Å². The molecule has 1 aliphatic rings. The molecule has 0 saturated carbocycles. The van der Waals surface area contributed by atoms with Crippen LogP contribution >= 0.6 is 0 Å². The molecule has 1 amide bonds. The van der Waals surface area contributed by atoms with Gasteiger partial charge in [0.05, 0.1) is 30.2 Å². The van der Waals surface area contributed by atoms with Crippen LogP contribution in [-0.2, 0) is 14.6 Å². The lowest BCUT2D eigenvalue weighted by Crippen LogP contribution is -2.28. The SMILES string of the molecule is CC/C(=N/NC(=O)[C@H]1CCS(=O)(=O)C1)c1ccc2cc(OC)ccc2c1. The topological polar surface area (TPSA) is 84.8 Å². The minimum atomic E-state index is -3.09. The van der Waals surface area contributed by atoms with Gasteiger partial charge in [-0.2, -0.15) is 5.10 Å². The van der Waals surface area contributed by atoms with E-state index in [0.717, 1.165) is 27.8 Å². The van der Waals surface area contributed by atoms with Crippen molar-refractivity contribution in [2.75, 3.05) is 18.6 Å². The largest absolute Gasteiger partial charge is 0.497 e. The zero-order valence-electron chi connectivity index (χ0n) is 14.9. The van der Waals surface area contributed by atoms with Gasteiger partial charge in [0.15, 0.2) is 9.84 Å². The van der Waals surface area contributed by atoms with E-state index in [0.29, 0.717) is 12.8 Å². The van der Waals surface area contributed by atoms with E-state index >= 15 is 0 Å². The van der Waals surface area contributed by atoms with Gasteiger partial charge in [-0.15, -0.1) is 0 Å². The highest BCUT2D eigenvalue weighted by Crippen LogP contribution is 2.23. The molecule has 0 aromatic heterocycles. The maximum Gasteiger partial charge on any atom is 0.244 e. The van der Waals surface area contributed by atoms with E-state index in [-0.39, 0.29) is 17.4 Å². The first-order valence-electron chi connectivity index (χ1n) is 8.57. The third-order valence-corrected chi connectivity index (χ3v) is 6.39. The zero-order valence-corrected chi connectivity index (χ0v) is 15.7. The number of methoxy groups -OCH3 is 1. The highest BCUT2D eigenvalue weighted by atomic mass is 32.2. The summed E-state index contributed by atoms with van der Waals surface area (Å²) in [7, 11) is -1.45. The van der Waals surface area contributed by atoms with Crippen molar-refractivity contribution in [3.63, 3.8) is 0 Å². The summed E-state index contributed by atoms with van der Waals surface area (Å²) in [5, 5.41) is 6.36. The van der Waals surface area contributed by atoms with Gasteiger partial charge in [0.25, 0.3) is 0 Å². The summed E-state index contributed by atoms with van der Waals surface area (Å²) in [5.41, 5.74) is 4.21. The molecule has 1 N–H and O–H groups in total. The number of carbonyl (C=O) groups excluding carboxylic acids is 1. The molecule has 0 radical (unpaired) electrons. The Hall–Kier alpha value is -2.41. The third-order valence-electron chi connectivity index (χ3n) is 4.62. The molecule has 0 spiro atoms. The Morgan fingerprint density at radius 3 is 2.62 bits per heavy atom. The number of hydrazone groups is 1. The van der Waals surface area contributed by atoms with Crippen molar-refractivity contribution in [2.45, 2.75) is 19.8 Å². The monoisotopic (exact) mass is 374 g/mol. The van der Waals surface area contributed by atoms with E-state index in [2.05, 4.69) is 10.5 Å². The van der Waals surface area contributed by atoms with Crippen molar-refractivity contribution >= 4 is 32.2 Å². The number of ether oxygens (including phenoxy) is 1. The molecule has 1 aliphatic heterocycles. The molecule has 3 rings (SSSR count). The van der Waals surface area contributed by atoms with E-state index in [9.17, 15) is 13.2 Å². The van der Waals surface area contributed by atoms with E-state index in [1.54, 1.807) is 7.11 Å². The van der Waals surface area contributed by atoms with Crippen molar-refractivity contribution in [3.8, 4) is 5.75 Å². The van der Waals surface area contributed by atoms with Crippen LogP contribution in [0.1, 0.15) is 25.3 Å². The number of hydrogen-bond acceptors (Lipinski definition) is 5. The maximum atomic E-state index is 12.2. The van der Waals surface area contributed by atoms with Crippen molar-refractivity contribution in [1.82, 2.24) is 5.43 Å². The van der Waals surface area contributed by atoms with Crippen LogP contribution in [0.4, 0.5) is 0 Å². The second-order valence-corrected chi connectivity index (χ2v) is 8.64. The van der Waals surface area contributed by atoms with Gasteiger partial charge in [-0.1, -0.05) is 25.1 Å². The summed E-state index contributed by atoms with van der Waals surface area (Å²) in [6.07, 6.45) is 1.01. The first-order valence-corrected chi connectivity index (χ1v) is 10.4. The number of sulfone groups is 1. The summed E-state index contributed by atoms with van der Waals surface area (Å²) in [5.74, 6) is -0.0566. The molecule has 6 nitrogen and oxygen atoms in total. The summed E-state index contributed by atoms with van der Waals surface area (Å²) in [6, 6.07) is 11.8. The lowest BCUT2D eigenvalue weighted by Gasteiger charge is -2.09. The van der Waals surface area contributed by atoms with Crippen LogP contribution in [0.2, 0.25) is 0 Å².